The standard InChI is InChI=1S/C31H27Cl3N2O3/c32-25-16-15-24(27(34)18-25)19-35-31(38)28(17-22-9-3-1-4-10-22)36(20-23-11-5-2-6-12-23)30(37)21-39-29-14-8-7-13-26(29)33/h1-16,18,28H,17,19-21H2,(H,35,38)/t28-/m1/s1. The first-order valence-electron chi connectivity index (χ1n) is 12.4. The minimum absolute atomic E-state index is 0.184. The van der Waals surface area contributed by atoms with Crippen LogP contribution in [0.3, 0.4) is 0 Å². The van der Waals surface area contributed by atoms with Crippen LogP contribution in [0.1, 0.15) is 16.7 Å². The molecule has 0 spiro atoms. The molecule has 0 heterocycles. The number of hydrogen-bond donors (Lipinski definition) is 1. The lowest BCUT2D eigenvalue weighted by Gasteiger charge is -2.31. The summed E-state index contributed by atoms with van der Waals surface area (Å²) >= 11 is 18.6. The zero-order chi connectivity index (χ0) is 27.6. The number of benzene rings is 4. The smallest absolute Gasteiger partial charge is 0.261 e. The number of amides is 2. The fourth-order valence-electron chi connectivity index (χ4n) is 4.08. The van der Waals surface area contributed by atoms with Gasteiger partial charge in [-0.3, -0.25) is 9.59 Å². The van der Waals surface area contributed by atoms with Crippen LogP contribution in [0.25, 0.3) is 0 Å². The van der Waals surface area contributed by atoms with E-state index in [2.05, 4.69) is 5.32 Å². The first kappa shape index (κ1) is 28.5. The van der Waals surface area contributed by atoms with Gasteiger partial charge in [0.25, 0.3) is 5.91 Å². The molecule has 0 saturated heterocycles. The normalized spacial score (nSPS) is 11.5. The average Bonchev–Trinajstić information content (AvgIpc) is 2.95. The van der Waals surface area contributed by atoms with Gasteiger partial charge >= 0.3 is 0 Å². The Hall–Kier alpha value is -3.51. The summed E-state index contributed by atoms with van der Waals surface area (Å²) in [5.41, 5.74) is 2.52. The Kier molecular flexibility index (Phi) is 10.3. The van der Waals surface area contributed by atoms with Crippen LogP contribution < -0.4 is 10.1 Å². The third-order valence-electron chi connectivity index (χ3n) is 6.12. The summed E-state index contributed by atoms with van der Waals surface area (Å²) in [4.78, 5) is 29.0. The van der Waals surface area contributed by atoms with Gasteiger partial charge in [-0.25, -0.2) is 0 Å². The maximum Gasteiger partial charge on any atom is 0.261 e. The van der Waals surface area contributed by atoms with Crippen molar-refractivity contribution in [1.29, 1.82) is 0 Å². The van der Waals surface area contributed by atoms with Gasteiger partial charge in [-0.05, 0) is 41.0 Å². The number of nitrogens with one attached hydrogen (secondary N) is 1. The van der Waals surface area contributed by atoms with Crippen molar-refractivity contribution in [2.24, 2.45) is 0 Å². The van der Waals surface area contributed by atoms with Crippen molar-refractivity contribution in [3.8, 4) is 5.75 Å². The molecule has 4 aromatic rings. The molecule has 4 rings (SSSR count). The van der Waals surface area contributed by atoms with Gasteiger partial charge in [0.2, 0.25) is 5.91 Å². The Labute approximate surface area is 243 Å². The number of carbonyl (C=O) groups is 2. The van der Waals surface area contributed by atoms with Crippen molar-refractivity contribution in [2.75, 3.05) is 6.61 Å². The van der Waals surface area contributed by atoms with E-state index in [-0.39, 0.29) is 31.5 Å². The predicted octanol–water partition coefficient (Wildman–Crippen LogP) is 6.98. The number of carbonyl (C=O) groups excluding carboxylic acids is 2. The van der Waals surface area contributed by atoms with Crippen LogP contribution in [0.2, 0.25) is 15.1 Å². The molecule has 0 radical (unpaired) electrons. The molecule has 0 aromatic heterocycles. The minimum Gasteiger partial charge on any atom is -0.482 e. The Morgan fingerprint density at radius 3 is 2.08 bits per heavy atom. The molecule has 1 N–H and O–H groups in total. The van der Waals surface area contributed by atoms with Crippen LogP contribution >= 0.6 is 34.8 Å². The number of para-hydroxylation sites is 1. The molecule has 39 heavy (non-hydrogen) atoms. The number of halogens is 3. The highest BCUT2D eigenvalue weighted by Crippen LogP contribution is 2.24. The summed E-state index contributed by atoms with van der Waals surface area (Å²) in [7, 11) is 0. The average molecular weight is 582 g/mol. The van der Waals surface area contributed by atoms with Gasteiger partial charge in [0.15, 0.2) is 6.61 Å². The van der Waals surface area contributed by atoms with Crippen molar-refractivity contribution in [1.82, 2.24) is 10.2 Å². The lowest BCUT2D eigenvalue weighted by Crippen LogP contribution is -2.51. The van der Waals surface area contributed by atoms with E-state index in [1.807, 2.05) is 60.7 Å². The molecule has 0 aliphatic heterocycles. The highest BCUT2D eigenvalue weighted by Gasteiger charge is 2.31. The summed E-state index contributed by atoms with van der Waals surface area (Å²) in [6, 6.07) is 30.4. The molecule has 200 valence electrons. The van der Waals surface area contributed by atoms with Crippen LogP contribution in [0, 0.1) is 0 Å². The zero-order valence-electron chi connectivity index (χ0n) is 21.0. The molecule has 0 fully saturated rings. The molecule has 0 aliphatic carbocycles. The van der Waals surface area contributed by atoms with Gasteiger partial charge in [0, 0.05) is 29.6 Å². The molecule has 2 amide bonds. The third-order valence-corrected chi connectivity index (χ3v) is 7.02. The summed E-state index contributed by atoms with van der Waals surface area (Å²) in [6.07, 6.45) is 0.311. The van der Waals surface area contributed by atoms with E-state index in [1.165, 1.54) is 0 Å². The fourth-order valence-corrected chi connectivity index (χ4v) is 4.75. The van der Waals surface area contributed by atoms with Crippen LogP contribution in [-0.2, 0) is 29.1 Å². The van der Waals surface area contributed by atoms with E-state index < -0.39 is 6.04 Å². The highest BCUT2D eigenvalue weighted by atomic mass is 35.5. The first-order chi connectivity index (χ1) is 18.9. The van der Waals surface area contributed by atoms with Crippen LogP contribution in [-0.4, -0.2) is 29.4 Å². The second-order valence-electron chi connectivity index (χ2n) is 8.89. The van der Waals surface area contributed by atoms with Crippen molar-refractivity contribution in [2.45, 2.75) is 25.6 Å². The van der Waals surface area contributed by atoms with E-state index in [0.717, 1.165) is 16.7 Å². The predicted molar refractivity (Wildman–Crippen MR) is 156 cm³/mol. The van der Waals surface area contributed by atoms with E-state index in [1.54, 1.807) is 47.4 Å². The minimum atomic E-state index is -0.818. The molecular formula is C31H27Cl3N2O3. The van der Waals surface area contributed by atoms with Crippen molar-refractivity contribution >= 4 is 46.6 Å². The molecule has 0 bridgehead atoms. The van der Waals surface area contributed by atoms with Gasteiger partial charge in [-0.2, -0.15) is 0 Å². The van der Waals surface area contributed by atoms with Gasteiger partial charge in [0.05, 0.1) is 5.02 Å². The molecule has 0 saturated carbocycles. The Morgan fingerprint density at radius 2 is 1.41 bits per heavy atom. The van der Waals surface area contributed by atoms with Crippen LogP contribution in [0.15, 0.2) is 103 Å². The van der Waals surface area contributed by atoms with E-state index in [9.17, 15) is 9.59 Å². The molecular weight excluding hydrogens is 555 g/mol. The van der Waals surface area contributed by atoms with Gasteiger partial charge in [0.1, 0.15) is 11.8 Å². The molecule has 0 aliphatic rings. The van der Waals surface area contributed by atoms with E-state index in [0.29, 0.717) is 27.2 Å². The summed E-state index contributed by atoms with van der Waals surface area (Å²) in [6.45, 7) is 0.125. The number of ether oxygens (including phenoxy) is 1. The lowest BCUT2D eigenvalue weighted by molar-refractivity contribution is -0.142. The Balaban J connectivity index is 1.61. The molecule has 5 nitrogen and oxygen atoms in total. The van der Waals surface area contributed by atoms with Gasteiger partial charge in [-0.15, -0.1) is 0 Å². The third kappa shape index (κ3) is 8.24. The van der Waals surface area contributed by atoms with Crippen molar-refractivity contribution in [3.63, 3.8) is 0 Å². The second-order valence-corrected chi connectivity index (χ2v) is 10.1. The number of rotatable bonds is 11. The molecule has 4 aromatic carbocycles. The van der Waals surface area contributed by atoms with Crippen molar-refractivity contribution in [3.05, 3.63) is 135 Å². The van der Waals surface area contributed by atoms with E-state index >= 15 is 0 Å². The zero-order valence-corrected chi connectivity index (χ0v) is 23.3. The van der Waals surface area contributed by atoms with Gasteiger partial charge < -0.3 is 15.0 Å². The van der Waals surface area contributed by atoms with Crippen LogP contribution in [0.5, 0.6) is 5.75 Å². The van der Waals surface area contributed by atoms with E-state index in [4.69, 9.17) is 39.5 Å². The number of hydrogen-bond acceptors (Lipinski definition) is 3. The van der Waals surface area contributed by atoms with Crippen molar-refractivity contribution < 1.29 is 14.3 Å². The van der Waals surface area contributed by atoms with Gasteiger partial charge in [-0.1, -0.05) is 114 Å². The molecule has 1 atom stereocenters. The Bertz CT molecular complexity index is 1400. The lowest BCUT2D eigenvalue weighted by atomic mass is 10.0. The monoisotopic (exact) mass is 580 g/mol. The molecule has 0 unspecified atom stereocenters. The largest absolute Gasteiger partial charge is 0.482 e. The maximum absolute atomic E-state index is 13.7. The number of nitrogens with zero attached hydrogens (tertiary/aromatic N) is 1. The second kappa shape index (κ2) is 14.0. The maximum atomic E-state index is 13.7. The SMILES string of the molecule is O=C(NCc1ccc(Cl)cc1Cl)[C@@H](Cc1ccccc1)N(Cc1ccccc1)C(=O)COc1ccccc1Cl. The highest BCUT2D eigenvalue weighted by molar-refractivity contribution is 6.35. The quantitative estimate of drug-likeness (QED) is 0.208. The fraction of sp³-hybridized carbons (Fsp3) is 0.161. The summed E-state index contributed by atoms with van der Waals surface area (Å²) < 4.78 is 5.77. The first-order valence-corrected chi connectivity index (χ1v) is 13.5. The Morgan fingerprint density at radius 1 is 0.769 bits per heavy atom. The summed E-state index contributed by atoms with van der Waals surface area (Å²) in [5, 5.41) is 4.32. The molecule has 8 heteroatoms. The topological polar surface area (TPSA) is 58.6 Å². The summed E-state index contributed by atoms with van der Waals surface area (Å²) in [5.74, 6) is -0.264. The van der Waals surface area contributed by atoms with Crippen LogP contribution in [0.4, 0.5) is 0 Å².